The predicted molar refractivity (Wildman–Crippen MR) is 170 cm³/mol. The first-order chi connectivity index (χ1) is 20.8. The molecule has 1 fully saturated rings. The summed E-state index contributed by atoms with van der Waals surface area (Å²) in [5.41, 5.74) is 0. The second kappa shape index (κ2) is 26.2. The third-order valence-electron chi connectivity index (χ3n) is 8.36. The molecule has 0 aromatic carbocycles. The van der Waals surface area contributed by atoms with E-state index in [4.69, 9.17) is 9.47 Å². The molecule has 0 aromatic rings. The fourth-order valence-electron chi connectivity index (χ4n) is 5.45. The van der Waals surface area contributed by atoms with Gasteiger partial charge in [0.15, 0.2) is 6.29 Å². The van der Waals surface area contributed by atoms with E-state index in [2.05, 4.69) is 19.2 Å². The molecule has 1 saturated heterocycles. The smallest absolute Gasteiger partial charge is 0.220 e. The molecular formula is C34H65NO8. The Hall–Kier alpha value is -1.07. The average Bonchev–Trinajstić information content (AvgIpc) is 3.00. The Kier molecular flexibility index (Phi) is 24.3. The number of allylic oxidation sites excluding steroid dienone is 1. The molecule has 1 amide bonds. The zero-order valence-corrected chi connectivity index (χ0v) is 27.2. The monoisotopic (exact) mass is 615 g/mol. The van der Waals surface area contributed by atoms with Crippen LogP contribution in [0, 0.1) is 0 Å². The van der Waals surface area contributed by atoms with Crippen LogP contribution in [0.1, 0.15) is 142 Å². The number of unbranched alkanes of at least 4 members (excludes halogenated alkanes) is 17. The zero-order chi connectivity index (χ0) is 31.7. The molecule has 1 aliphatic rings. The van der Waals surface area contributed by atoms with Gasteiger partial charge in [-0.05, 0) is 19.3 Å². The minimum atomic E-state index is -1.56. The van der Waals surface area contributed by atoms with Gasteiger partial charge >= 0.3 is 0 Å². The van der Waals surface area contributed by atoms with E-state index in [9.17, 15) is 30.3 Å². The number of carbonyl (C=O) groups excluding carboxylic acids is 1. The van der Waals surface area contributed by atoms with E-state index in [-0.39, 0.29) is 12.5 Å². The topological polar surface area (TPSA) is 149 Å². The molecule has 6 N–H and O–H groups in total. The van der Waals surface area contributed by atoms with Crippen molar-refractivity contribution in [2.75, 3.05) is 13.2 Å². The van der Waals surface area contributed by atoms with Crippen molar-refractivity contribution in [2.45, 2.75) is 185 Å². The van der Waals surface area contributed by atoms with Crippen LogP contribution < -0.4 is 5.32 Å². The van der Waals surface area contributed by atoms with Crippen molar-refractivity contribution < 1.29 is 39.8 Å². The number of amides is 1. The van der Waals surface area contributed by atoms with Gasteiger partial charge in [0.1, 0.15) is 24.4 Å². The van der Waals surface area contributed by atoms with E-state index in [0.717, 1.165) is 38.5 Å². The highest BCUT2D eigenvalue weighted by molar-refractivity contribution is 5.76. The lowest BCUT2D eigenvalue weighted by atomic mass is 9.99. The lowest BCUT2D eigenvalue weighted by molar-refractivity contribution is -0.302. The van der Waals surface area contributed by atoms with Gasteiger partial charge in [0.2, 0.25) is 5.91 Å². The predicted octanol–water partition coefficient (Wildman–Crippen LogP) is 5.05. The molecule has 1 heterocycles. The third kappa shape index (κ3) is 18.5. The fraction of sp³-hybridized carbons (Fsp3) is 0.912. The molecule has 9 heteroatoms. The normalized spacial score (nSPS) is 23.9. The Balaban J connectivity index is 2.52. The number of aliphatic hydroxyl groups excluding tert-OH is 5. The summed E-state index contributed by atoms with van der Waals surface area (Å²) in [4.78, 5) is 12.7. The van der Waals surface area contributed by atoms with Crippen molar-refractivity contribution in [3.63, 3.8) is 0 Å². The van der Waals surface area contributed by atoms with Gasteiger partial charge in [-0.15, -0.1) is 0 Å². The van der Waals surface area contributed by atoms with Gasteiger partial charge in [0.05, 0.1) is 25.4 Å². The van der Waals surface area contributed by atoms with Gasteiger partial charge in [-0.3, -0.25) is 4.79 Å². The minimum absolute atomic E-state index is 0.185. The summed E-state index contributed by atoms with van der Waals surface area (Å²) in [6.07, 6.45) is 18.4. The van der Waals surface area contributed by atoms with Crippen molar-refractivity contribution in [1.82, 2.24) is 5.32 Å². The van der Waals surface area contributed by atoms with Crippen LogP contribution in [-0.2, 0) is 14.3 Å². The molecule has 1 aliphatic heterocycles. The fourth-order valence-corrected chi connectivity index (χ4v) is 5.45. The van der Waals surface area contributed by atoms with Crippen LogP contribution in [0.3, 0.4) is 0 Å². The molecule has 0 radical (unpaired) electrons. The van der Waals surface area contributed by atoms with Crippen LogP contribution in [0.4, 0.5) is 0 Å². The molecular weight excluding hydrogens is 550 g/mol. The molecule has 0 saturated carbocycles. The highest BCUT2D eigenvalue weighted by Crippen LogP contribution is 2.22. The van der Waals surface area contributed by atoms with Crippen molar-refractivity contribution in [2.24, 2.45) is 0 Å². The Bertz CT molecular complexity index is 691. The average molecular weight is 616 g/mol. The number of aliphatic hydroxyl groups is 5. The van der Waals surface area contributed by atoms with E-state index in [1.807, 2.05) is 6.08 Å². The lowest BCUT2D eigenvalue weighted by Crippen LogP contribution is -2.60. The maximum atomic E-state index is 12.7. The second-order valence-corrected chi connectivity index (χ2v) is 12.3. The summed E-state index contributed by atoms with van der Waals surface area (Å²) in [7, 11) is 0. The van der Waals surface area contributed by atoms with Crippen LogP contribution in [0.25, 0.3) is 0 Å². The molecule has 43 heavy (non-hydrogen) atoms. The highest BCUT2D eigenvalue weighted by Gasteiger charge is 2.44. The van der Waals surface area contributed by atoms with Crippen molar-refractivity contribution in [1.29, 1.82) is 0 Å². The summed E-state index contributed by atoms with van der Waals surface area (Å²) in [5.74, 6) is -0.185. The standard InChI is InChI=1S/C34H65NO8/c1-3-5-7-9-11-13-14-15-16-17-19-21-23-28(37)27(35-30(38)24-22-20-18-12-10-8-6-4-2)26-42-34-33(41)32(40)31(39)29(25-36)43-34/h21,23,27-29,31-34,36-37,39-41H,3-20,22,24-26H2,1-2H3,(H,35,38)/b23-21+/t27-,28+,29+,31-,32-,33+,34+/m0/s1. The second-order valence-electron chi connectivity index (χ2n) is 12.3. The van der Waals surface area contributed by atoms with Gasteiger partial charge in [-0.2, -0.15) is 0 Å². The van der Waals surface area contributed by atoms with Gasteiger partial charge in [-0.1, -0.05) is 129 Å². The molecule has 0 bridgehead atoms. The Labute approximate surface area is 261 Å². The number of nitrogens with one attached hydrogen (secondary N) is 1. The quantitative estimate of drug-likeness (QED) is 0.0556. The van der Waals surface area contributed by atoms with Crippen LogP contribution in [-0.4, -0.2) is 87.5 Å². The lowest BCUT2D eigenvalue weighted by Gasteiger charge is -2.40. The Morgan fingerprint density at radius 3 is 1.81 bits per heavy atom. The van der Waals surface area contributed by atoms with Crippen molar-refractivity contribution in [3.8, 4) is 0 Å². The molecule has 0 aromatic heterocycles. The minimum Gasteiger partial charge on any atom is -0.394 e. The van der Waals surface area contributed by atoms with E-state index in [1.54, 1.807) is 6.08 Å². The summed E-state index contributed by atoms with van der Waals surface area (Å²) >= 11 is 0. The largest absolute Gasteiger partial charge is 0.394 e. The first-order valence-electron chi connectivity index (χ1n) is 17.4. The van der Waals surface area contributed by atoms with Crippen LogP contribution in [0.5, 0.6) is 0 Å². The molecule has 0 aliphatic carbocycles. The van der Waals surface area contributed by atoms with Gasteiger partial charge < -0.3 is 40.3 Å². The van der Waals surface area contributed by atoms with Gasteiger partial charge in [0.25, 0.3) is 0 Å². The molecule has 1 rings (SSSR count). The van der Waals surface area contributed by atoms with E-state index in [0.29, 0.717) is 6.42 Å². The number of carbonyl (C=O) groups is 1. The van der Waals surface area contributed by atoms with Crippen LogP contribution in [0.2, 0.25) is 0 Å². The number of rotatable bonds is 27. The summed E-state index contributed by atoms with van der Waals surface area (Å²) < 4.78 is 11.1. The molecule has 7 atom stereocenters. The summed E-state index contributed by atoms with van der Waals surface area (Å²) in [6, 6.07) is -0.794. The maximum absolute atomic E-state index is 12.7. The first-order valence-corrected chi connectivity index (χ1v) is 17.4. The van der Waals surface area contributed by atoms with E-state index >= 15 is 0 Å². The number of ether oxygens (including phenoxy) is 2. The van der Waals surface area contributed by atoms with Crippen LogP contribution in [0.15, 0.2) is 12.2 Å². The first kappa shape index (κ1) is 40.0. The zero-order valence-electron chi connectivity index (χ0n) is 27.2. The maximum Gasteiger partial charge on any atom is 0.220 e. The van der Waals surface area contributed by atoms with Crippen molar-refractivity contribution >= 4 is 5.91 Å². The molecule has 254 valence electrons. The van der Waals surface area contributed by atoms with E-state index < -0.39 is 49.5 Å². The number of hydrogen-bond donors (Lipinski definition) is 6. The summed E-state index contributed by atoms with van der Waals surface area (Å²) in [5, 5.41) is 53.6. The van der Waals surface area contributed by atoms with Crippen LogP contribution >= 0.6 is 0 Å². The van der Waals surface area contributed by atoms with Crippen molar-refractivity contribution in [3.05, 3.63) is 12.2 Å². The van der Waals surface area contributed by atoms with E-state index in [1.165, 1.54) is 83.5 Å². The third-order valence-corrected chi connectivity index (χ3v) is 8.36. The Morgan fingerprint density at radius 2 is 1.28 bits per heavy atom. The van der Waals surface area contributed by atoms with Gasteiger partial charge in [0, 0.05) is 6.42 Å². The van der Waals surface area contributed by atoms with Gasteiger partial charge in [-0.25, -0.2) is 0 Å². The molecule has 0 unspecified atom stereocenters. The number of hydrogen-bond acceptors (Lipinski definition) is 8. The Morgan fingerprint density at radius 1 is 0.767 bits per heavy atom. The molecule has 0 spiro atoms. The SMILES string of the molecule is CCCCCCCCCCCC/C=C/[C@@H](O)[C@H](CO[C@@H]1O[C@H](CO)[C@H](O)[C@H](O)[C@H]1O)NC(=O)CCCCCCCCCC. The summed E-state index contributed by atoms with van der Waals surface area (Å²) in [6.45, 7) is 3.69. The molecule has 9 nitrogen and oxygen atoms in total. The highest BCUT2D eigenvalue weighted by atomic mass is 16.7.